The lowest BCUT2D eigenvalue weighted by Gasteiger charge is -2.29. The second-order valence-corrected chi connectivity index (χ2v) is 10.7. The van der Waals surface area contributed by atoms with Crippen LogP contribution in [0.25, 0.3) is 33.6 Å². The van der Waals surface area contributed by atoms with Gasteiger partial charge in [-0.1, -0.05) is 6.07 Å². The van der Waals surface area contributed by atoms with E-state index in [0.29, 0.717) is 54.5 Å². The van der Waals surface area contributed by atoms with E-state index in [1.165, 1.54) is 17.0 Å². The van der Waals surface area contributed by atoms with Crippen LogP contribution < -0.4 is 15.5 Å². The maximum absolute atomic E-state index is 15.3. The minimum atomic E-state index is -0.638. The Balaban J connectivity index is 1.26. The molecule has 11 heteroatoms. The topological polar surface area (TPSA) is 113 Å². The third-order valence-electron chi connectivity index (χ3n) is 7.28. The molecule has 3 amide bonds. The number of aryl methyl sites for hydroxylation is 1. The molecule has 0 unspecified atom stereocenters. The number of furan rings is 1. The molecule has 0 radical (unpaired) electrons. The van der Waals surface area contributed by atoms with E-state index in [1.807, 2.05) is 37.3 Å². The Morgan fingerprint density at radius 2 is 1.64 bits per heavy atom. The minimum Gasteiger partial charge on any atom is -0.461 e. The van der Waals surface area contributed by atoms with Gasteiger partial charge in [0.2, 0.25) is 0 Å². The van der Waals surface area contributed by atoms with E-state index in [9.17, 15) is 9.59 Å². The van der Waals surface area contributed by atoms with Crippen molar-refractivity contribution in [1.82, 2.24) is 14.9 Å². The molecular weight excluding hydrogens is 563 g/mol. The van der Waals surface area contributed by atoms with Crippen LogP contribution in [0.1, 0.15) is 16.1 Å². The third kappa shape index (κ3) is 6.09. The molecule has 6 rings (SSSR count). The predicted octanol–water partition coefficient (Wildman–Crippen LogP) is 6.19. The van der Waals surface area contributed by atoms with Gasteiger partial charge in [0.15, 0.2) is 5.82 Å². The zero-order chi connectivity index (χ0) is 30.8. The van der Waals surface area contributed by atoms with Gasteiger partial charge in [-0.15, -0.1) is 0 Å². The molecule has 0 spiro atoms. The van der Waals surface area contributed by atoms with Gasteiger partial charge in [-0.05, 0) is 73.7 Å². The molecule has 3 aromatic carbocycles. The Morgan fingerprint density at radius 3 is 2.32 bits per heavy atom. The Labute approximate surface area is 253 Å². The summed E-state index contributed by atoms with van der Waals surface area (Å²) < 4.78 is 26.7. The molecule has 1 fully saturated rings. The maximum atomic E-state index is 15.3. The first kappa shape index (κ1) is 28.8. The van der Waals surface area contributed by atoms with E-state index in [4.69, 9.17) is 19.1 Å². The van der Waals surface area contributed by atoms with Crippen molar-refractivity contribution < 1.29 is 23.1 Å². The number of hydrogen-bond acceptors (Lipinski definition) is 7. The normalized spacial score (nSPS) is 13.1. The lowest BCUT2D eigenvalue weighted by molar-refractivity contribution is 0.0827. The van der Waals surface area contributed by atoms with Gasteiger partial charge in [0.25, 0.3) is 5.91 Å². The van der Waals surface area contributed by atoms with Crippen LogP contribution in [-0.2, 0) is 4.74 Å². The zero-order valence-electron chi connectivity index (χ0n) is 24.6. The molecule has 2 N–H and O–H groups in total. The quantitative estimate of drug-likeness (QED) is 0.241. The van der Waals surface area contributed by atoms with Crippen LogP contribution in [0.15, 0.2) is 77.2 Å². The molecule has 1 aliphatic heterocycles. The van der Waals surface area contributed by atoms with Gasteiger partial charge in [0.1, 0.15) is 23.2 Å². The van der Waals surface area contributed by atoms with Crippen molar-refractivity contribution in [3.05, 3.63) is 89.9 Å². The van der Waals surface area contributed by atoms with Crippen molar-refractivity contribution in [2.45, 2.75) is 6.92 Å². The predicted molar refractivity (Wildman–Crippen MR) is 168 cm³/mol. The number of nitrogens with zero attached hydrogens (tertiary/aromatic N) is 4. The molecule has 0 aliphatic carbocycles. The molecule has 0 atom stereocenters. The molecule has 224 valence electrons. The highest BCUT2D eigenvalue weighted by molar-refractivity contribution is 6.01. The summed E-state index contributed by atoms with van der Waals surface area (Å²) in [5, 5.41) is 6.07. The Morgan fingerprint density at radius 1 is 0.886 bits per heavy atom. The van der Waals surface area contributed by atoms with Crippen LogP contribution in [0.5, 0.6) is 0 Å². The van der Waals surface area contributed by atoms with Gasteiger partial charge in [-0.2, -0.15) is 0 Å². The summed E-state index contributed by atoms with van der Waals surface area (Å²) in [7, 11) is 3.33. The molecule has 2 aromatic heterocycles. The first-order chi connectivity index (χ1) is 21.2. The van der Waals surface area contributed by atoms with E-state index >= 15 is 4.39 Å². The number of benzene rings is 3. The number of fused-ring (bicyclic) bond motifs is 1. The Kier molecular flexibility index (Phi) is 7.95. The molecule has 10 nitrogen and oxygen atoms in total. The molecule has 1 saturated heterocycles. The van der Waals surface area contributed by atoms with Crippen LogP contribution in [0.3, 0.4) is 0 Å². The van der Waals surface area contributed by atoms with Gasteiger partial charge >= 0.3 is 6.03 Å². The number of carbonyl (C=O) groups is 2. The molecule has 3 heterocycles. The molecule has 0 bridgehead atoms. The number of ether oxygens (including phenoxy) is 1. The number of nitrogens with one attached hydrogen (secondary N) is 2. The van der Waals surface area contributed by atoms with Crippen LogP contribution >= 0.6 is 0 Å². The zero-order valence-corrected chi connectivity index (χ0v) is 24.6. The maximum Gasteiger partial charge on any atom is 0.323 e. The second kappa shape index (κ2) is 12.1. The van der Waals surface area contributed by atoms with E-state index in [0.717, 1.165) is 28.3 Å². The fourth-order valence-corrected chi connectivity index (χ4v) is 5.00. The molecular formula is C33H31FN6O4. The van der Waals surface area contributed by atoms with Crippen LogP contribution in [0.4, 0.5) is 26.4 Å². The van der Waals surface area contributed by atoms with Crippen LogP contribution in [0.2, 0.25) is 0 Å². The number of anilines is 3. The number of amides is 3. The molecule has 44 heavy (non-hydrogen) atoms. The van der Waals surface area contributed by atoms with Gasteiger partial charge < -0.3 is 29.6 Å². The molecule has 0 saturated carbocycles. The Hall–Kier alpha value is -5.29. The molecule has 5 aromatic rings. The average molecular weight is 595 g/mol. The Bertz CT molecular complexity index is 1850. The van der Waals surface area contributed by atoms with Crippen molar-refractivity contribution >= 4 is 40.0 Å². The minimum absolute atomic E-state index is 0.00433. The summed E-state index contributed by atoms with van der Waals surface area (Å²) >= 11 is 0. The monoisotopic (exact) mass is 594 g/mol. The lowest BCUT2D eigenvalue weighted by Crippen LogP contribution is -2.37. The van der Waals surface area contributed by atoms with Gasteiger partial charge in [-0.25, -0.2) is 19.2 Å². The standard InChI is InChI=1S/C33H31FN6O4/c1-20-4-13-29(44-20)22-7-11-25-28(19-22)36-30(38-31(25)40-14-16-43-17-15-40)23-8-12-27(26(34)18-23)37-33(42)35-24-9-5-21(6-10-24)32(41)39(2)3/h4-13,18-19H,14-17H2,1-3H3,(H2,35,37,42). The van der Waals surface area contributed by atoms with Gasteiger partial charge in [-0.3, -0.25) is 4.79 Å². The van der Waals surface area contributed by atoms with Crippen molar-refractivity contribution in [3.63, 3.8) is 0 Å². The average Bonchev–Trinajstić information content (AvgIpc) is 3.47. The summed E-state index contributed by atoms with van der Waals surface area (Å²) in [5.74, 6) is 1.86. The van der Waals surface area contributed by atoms with Crippen molar-refractivity contribution in [1.29, 1.82) is 0 Å². The number of rotatable bonds is 6. The van der Waals surface area contributed by atoms with Crippen molar-refractivity contribution in [3.8, 4) is 22.7 Å². The summed E-state index contributed by atoms with van der Waals surface area (Å²) in [4.78, 5) is 38.0. The van der Waals surface area contributed by atoms with Crippen LogP contribution in [0, 0.1) is 12.7 Å². The number of carbonyl (C=O) groups excluding carboxylic acids is 2. The highest BCUT2D eigenvalue weighted by atomic mass is 19.1. The fraction of sp³-hybridized carbons (Fsp3) is 0.212. The van der Waals surface area contributed by atoms with Gasteiger partial charge in [0.05, 0.1) is 24.4 Å². The van der Waals surface area contributed by atoms with E-state index < -0.39 is 11.8 Å². The summed E-state index contributed by atoms with van der Waals surface area (Å²) in [6, 6.07) is 20.0. The number of morpholine rings is 1. The number of halogens is 1. The van der Waals surface area contributed by atoms with E-state index in [1.54, 1.807) is 44.4 Å². The van der Waals surface area contributed by atoms with Gasteiger partial charge in [0, 0.05) is 54.9 Å². The first-order valence-electron chi connectivity index (χ1n) is 14.2. The molecule has 1 aliphatic rings. The largest absolute Gasteiger partial charge is 0.461 e. The smallest absolute Gasteiger partial charge is 0.323 e. The number of aromatic nitrogens is 2. The van der Waals surface area contributed by atoms with Crippen LogP contribution in [-0.4, -0.2) is 67.2 Å². The highest BCUT2D eigenvalue weighted by Gasteiger charge is 2.20. The summed E-state index contributed by atoms with van der Waals surface area (Å²) in [6.07, 6.45) is 0. The number of urea groups is 1. The summed E-state index contributed by atoms with van der Waals surface area (Å²) in [5.41, 5.74) is 2.98. The second-order valence-electron chi connectivity index (χ2n) is 10.7. The first-order valence-corrected chi connectivity index (χ1v) is 14.2. The highest BCUT2D eigenvalue weighted by Crippen LogP contribution is 2.33. The third-order valence-corrected chi connectivity index (χ3v) is 7.28. The van der Waals surface area contributed by atoms with Crippen molar-refractivity contribution in [2.75, 3.05) is 55.9 Å². The summed E-state index contributed by atoms with van der Waals surface area (Å²) in [6.45, 7) is 4.41. The van der Waals surface area contributed by atoms with E-state index in [-0.39, 0.29) is 11.6 Å². The van der Waals surface area contributed by atoms with E-state index in [2.05, 4.69) is 15.5 Å². The number of hydrogen-bond donors (Lipinski definition) is 2. The SMILES string of the molecule is Cc1ccc(-c2ccc3c(N4CCOCC4)nc(-c4ccc(NC(=O)Nc5ccc(C(=O)N(C)C)cc5)c(F)c4)nc3c2)o1. The van der Waals surface area contributed by atoms with Crippen molar-refractivity contribution in [2.24, 2.45) is 0 Å². The lowest BCUT2D eigenvalue weighted by atomic mass is 10.1. The fourth-order valence-electron chi connectivity index (χ4n) is 5.00.